The van der Waals surface area contributed by atoms with E-state index in [0.717, 1.165) is 24.6 Å². The van der Waals surface area contributed by atoms with Crippen molar-refractivity contribution in [2.24, 2.45) is 0 Å². The van der Waals surface area contributed by atoms with E-state index in [4.69, 9.17) is 4.74 Å². The number of pyridine rings is 1. The SMILES string of the molecule is COc1c[nH]c(C(=O)N2CCSCC2)cc1=O. The van der Waals surface area contributed by atoms with Crippen molar-refractivity contribution in [1.82, 2.24) is 9.88 Å². The Morgan fingerprint density at radius 3 is 2.76 bits per heavy atom. The van der Waals surface area contributed by atoms with Crippen molar-refractivity contribution in [2.75, 3.05) is 31.7 Å². The first-order chi connectivity index (χ1) is 8.22. The first-order valence-corrected chi connectivity index (χ1v) is 6.51. The molecule has 0 atom stereocenters. The van der Waals surface area contributed by atoms with Crippen LogP contribution in [0.25, 0.3) is 0 Å². The summed E-state index contributed by atoms with van der Waals surface area (Å²) in [4.78, 5) is 28.2. The largest absolute Gasteiger partial charge is 0.491 e. The normalized spacial score (nSPS) is 15.7. The molecule has 2 rings (SSSR count). The Balaban J connectivity index is 2.19. The highest BCUT2D eigenvalue weighted by Gasteiger charge is 2.19. The molecule has 0 saturated carbocycles. The van der Waals surface area contributed by atoms with E-state index in [1.54, 1.807) is 4.90 Å². The number of amides is 1. The fourth-order valence-corrected chi connectivity index (χ4v) is 2.58. The number of hydrogen-bond acceptors (Lipinski definition) is 4. The quantitative estimate of drug-likeness (QED) is 0.838. The number of aromatic amines is 1. The summed E-state index contributed by atoms with van der Waals surface area (Å²) >= 11 is 1.83. The van der Waals surface area contributed by atoms with Gasteiger partial charge in [0, 0.05) is 36.9 Å². The van der Waals surface area contributed by atoms with Gasteiger partial charge < -0.3 is 14.6 Å². The number of rotatable bonds is 2. The molecule has 17 heavy (non-hydrogen) atoms. The molecule has 1 aromatic rings. The summed E-state index contributed by atoms with van der Waals surface area (Å²) < 4.78 is 4.85. The highest BCUT2D eigenvalue weighted by atomic mass is 32.2. The maximum Gasteiger partial charge on any atom is 0.270 e. The molecule has 0 aliphatic carbocycles. The molecule has 0 spiro atoms. The lowest BCUT2D eigenvalue weighted by molar-refractivity contribution is 0.0766. The van der Waals surface area contributed by atoms with Crippen molar-refractivity contribution < 1.29 is 9.53 Å². The molecule has 1 fully saturated rings. The van der Waals surface area contributed by atoms with Gasteiger partial charge in [-0.2, -0.15) is 11.8 Å². The molecule has 2 heterocycles. The Morgan fingerprint density at radius 1 is 1.47 bits per heavy atom. The van der Waals surface area contributed by atoms with Gasteiger partial charge in [-0.1, -0.05) is 0 Å². The van der Waals surface area contributed by atoms with Crippen LogP contribution in [0.15, 0.2) is 17.1 Å². The Hall–Kier alpha value is -1.43. The molecule has 6 heteroatoms. The monoisotopic (exact) mass is 254 g/mol. The second-order valence-corrected chi connectivity index (χ2v) is 4.91. The zero-order chi connectivity index (χ0) is 12.3. The molecule has 1 aromatic heterocycles. The van der Waals surface area contributed by atoms with Crippen LogP contribution < -0.4 is 10.2 Å². The second-order valence-electron chi connectivity index (χ2n) is 3.68. The van der Waals surface area contributed by atoms with Crippen LogP contribution in [0.1, 0.15) is 10.5 Å². The molecule has 92 valence electrons. The second kappa shape index (κ2) is 5.27. The van der Waals surface area contributed by atoms with Crippen molar-refractivity contribution in [1.29, 1.82) is 0 Å². The van der Waals surface area contributed by atoms with Crippen LogP contribution in [0.4, 0.5) is 0 Å². The molecule has 1 saturated heterocycles. The molecule has 0 unspecified atom stereocenters. The smallest absolute Gasteiger partial charge is 0.270 e. The molecular weight excluding hydrogens is 240 g/mol. The zero-order valence-electron chi connectivity index (χ0n) is 9.56. The Labute approximate surface area is 103 Å². The van der Waals surface area contributed by atoms with Gasteiger partial charge in [0.15, 0.2) is 5.75 Å². The maximum atomic E-state index is 12.1. The van der Waals surface area contributed by atoms with Gasteiger partial charge in [-0.05, 0) is 0 Å². The van der Waals surface area contributed by atoms with Crippen LogP contribution in [-0.2, 0) is 0 Å². The summed E-state index contributed by atoms with van der Waals surface area (Å²) in [5.41, 5.74) is 0.0451. The lowest BCUT2D eigenvalue weighted by Gasteiger charge is -2.26. The third-order valence-corrected chi connectivity index (χ3v) is 3.57. The number of thioether (sulfide) groups is 1. The van der Waals surface area contributed by atoms with Gasteiger partial charge in [-0.25, -0.2) is 0 Å². The number of hydrogen-bond donors (Lipinski definition) is 1. The summed E-state index contributed by atoms with van der Waals surface area (Å²) in [5, 5.41) is 0. The standard InChI is InChI=1S/C11H14N2O3S/c1-16-10-7-12-8(6-9(10)14)11(15)13-2-4-17-5-3-13/h6-7H,2-5H2,1H3,(H,12,14). The Kier molecular flexibility index (Phi) is 3.73. The lowest BCUT2D eigenvalue weighted by atomic mass is 10.3. The summed E-state index contributed by atoms with van der Waals surface area (Å²) in [7, 11) is 1.42. The molecule has 0 aromatic carbocycles. The molecule has 1 aliphatic rings. The van der Waals surface area contributed by atoms with Crippen molar-refractivity contribution >= 4 is 17.7 Å². The maximum absolute atomic E-state index is 12.1. The van der Waals surface area contributed by atoms with Crippen molar-refractivity contribution in [3.63, 3.8) is 0 Å². The van der Waals surface area contributed by atoms with Crippen LogP contribution in [-0.4, -0.2) is 47.5 Å². The molecule has 1 N–H and O–H groups in total. The highest BCUT2D eigenvalue weighted by molar-refractivity contribution is 7.99. The van der Waals surface area contributed by atoms with E-state index in [2.05, 4.69) is 4.98 Å². The minimum Gasteiger partial charge on any atom is -0.491 e. The predicted molar refractivity (Wildman–Crippen MR) is 66.8 cm³/mol. The fraction of sp³-hybridized carbons (Fsp3) is 0.455. The van der Waals surface area contributed by atoms with Crippen LogP contribution in [0.2, 0.25) is 0 Å². The first-order valence-electron chi connectivity index (χ1n) is 5.36. The van der Waals surface area contributed by atoms with Crippen molar-refractivity contribution in [2.45, 2.75) is 0 Å². The number of H-pyrrole nitrogens is 1. The molecule has 0 radical (unpaired) electrons. The van der Waals surface area contributed by atoms with E-state index in [0.29, 0.717) is 5.69 Å². The van der Waals surface area contributed by atoms with E-state index in [-0.39, 0.29) is 17.1 Å². The fourth-order valence-electron chi connectivity index (χ4n) is 1.68. The molecule has 5 nitrogen and oxygen atoms in total. The van der Waals surface area contributed by atoms with E-state index >= 15 is 0 Å². The van der Waals surface area contributed by atoms with Crippen LogP contribution in [0, 0.1) is 0 Å². The van der Waals surface area contributed by atoms with Gasteiger partial charge in [0.2, 0.25) is 5.43 Å². The average Bonchev–Trinajstić information content (AvgIpc) is 2.39. The first kappa shape index (κ1) is 12.0. The number of nitrogens with zero attached hydrogens (tertiary/aromatic N) is 1. The molecular formula is C11H14N2O3S. The van der Waals surface area contributed by atoms with E-state index in [1.165, 1.54) is 19.4 Å². The summed E-state index contributed by atoms with van der Waals surface area (Å²) in [6.07, 6.45) is 1.42. The Morgan fingerprint density at radius 2 is 2.18 bits per heavy atom. The van der Waals surface area contributed by atoms with Crippen molar-refractivity contribution in [3.05, 3.63) is 28.2 Å². The highest BCUT2D eigenvalue weighted by Crippen LogP contribution is 2.12. The molecule has 1 aliphatic heterocycles. The number of carbonyl (C=O) groups is 1. The number of nitrogens with one attached hydrogen (secondary N) is 1. The summed E-state index contributed by atoms with van der Waals surface area (Å²) in [6, 6.07) is 1.29. The van der Waals surface area contributed by atoms with Crippen molar-refractivity contribution in [3.8, 4) is 5.75 Å². The van der Waals surface area contributed by atoms with E-state index in [9.17, 15) is 9.59 Å². The van der Waals surface area contributed by atoms with E-state index in [1.807, 2.05) is 11.8 Å². The number of ether oxygens (including phenoxy) is 1. The third kappa shape index (κ3) is 2.63. The number of methoxy groups -OCH3 is 1. The van der Waals surface area contributed by atoms with Crippen LogP contribution in [0.5, 0.6) is 5.75 Å². The van der Waals surface area contributed by atoms with Gasteiger partial charge in [0.05, 0.1) is 7.11 Å². The zero-order valence-corrected chi connectivity index (χ0v) is 10.4. The third-order valence-electron chi connectivity index (χ3n) is 2.63. The van der Waals surface area contributed by atoms with Gasteiger partial charge in [0.1, 0.15) is 5.69 Å². The van der Waals surface area contributed by atoms with Gasteiger partial charge in [0.25, 0.3) is 5.91 Å². The number of carbonyl (C=O) groups excluding carboxylic acids is 1. The average molecular weight is 254 g/mol. The van der Waals surface area contributed by atoms with E-state index < -0.39 is 0 Å². The summed E-state index contributed by atoms with van der Waals surface area (Å²) in [5.74, 6) is 2.00. The van der Waals surface area contributed by atoms with Crippen LogP contribution >= 0.6 is 11.8 Å². The van der Waals surface area contributed by atoms with Gasteiger partial charge in [-0.15, -0.1) is 0 Å². The van der Waals surface area contributed by atoms with Gasteiger partial charge in [-0.3, -0.25) is 9.59 Å². The lowest BCUT2D eigenvalue weighted by Crippen LogP contribution is -2.38. The topological polar surface area (TPSA) is 62.4 Å². The van der Waals surface area contributed by atoms with Crippen LogP contribution in [0.3, 0.4) is 0 Å². The van der Waals surface area contributed by atoms with Gasteiger partial charge >= 0.3 is 0 Å². The molecule has 0 bridgehead atoms. The summed E-state index contributed by atoms with van der Waals surface area (Å²) in [6.45, 7) is 1.47. The minimum absolute atomic E-state index is 0.120. The number of aromatic nitrogens is 1. The molecule has 1 amide bonds. The minimum atomic E-state index is -0.277. The predicted octanol–water partition coefficient (Wildman–Crippen LogP) is 0.573. The Bertz CT molecular complexity index is 466.